The van der Waals surface area contributed by atoms with E-state index >= 15 is 0 Å². The van der Waals surface area contributed by atoms with E-state index in [1.807, 2.05) is 0 Å². The summed E-state index contributed by atoms with van der Waals surface area (Å²) in [4.78, 5) is 30.6. The molecule has 2 aromatic heterocycles. The van der Waals surface area contributed by atoms with Crippen molar-refractivity contribution in [2.45, 2.75) is 12.8 Å². The van der Waals surface area contributed by atoms with Crippen LogP contribution in [0.1, 0.15) is 29.7 Å². The van der Waals surface area contributed by atoms with Gasteiger partial charge in [-0.25, -0.2) is 14.2 Å². The number of carbonyl (C=O) groups excluding carboxylic acids is 1. The number of hydrogen-bond acceptors (Lipinski definition) is 7. The maximum Gasteiger partial charge on any atom is 0.362 e. The topological polar surface area (TPSA) is 113 Å². The minimum atomic E-state index is -0.877. The van der Waals surface area contributed by atoms with Gasteiger partial charge in [-0.1, -0.05) is 58.5 Å². The van der Waals surface area contributed by atoms with Crippen molar-refractivity contribution in [3.05, 3.63) is 94.6 Å². The van der Waals surface area contributed by atoms with Gasteiger partial charge in [0.1, 0.15) is 16.6 Å². The van der Waals surface area contributed by atoms with Crippen LogP contribution in [0.2, 0.25) is 20.1 Å². The summed E-state index contributed by atoms with van der Waals surface area (Å²) in [6.07, 6.45) is 1.52. The summed E-state index contributed by atoms with van der Waals surface area (Å²) in [5.74, 6) is -1.49. The summed E-state index contributed by atoms with van der Waals surface area (Å²) < 4.78 is 18.0. The third-order valence-electron chi connectivity index (χ3n) is 5.51. The predicted molar refractivity (Wildman–Crippen MR) is 136 cm³/mol. The molecule has 2 aromatic carbocycles. The summed E-state index contributed by atoms with van der Waals surface area (Å²) in [6, 6.07) is 9.50. The van der Waals surface area contributed by atoms with Crippen molar-refractivity contribution >= 4 is 70.0 Å². The van der Waals surface area contributed by atoms with Gasteiger partial charge < -0.3 is 19.3 Å². The number of anilines is 1. The molecule has 12 heteroatoms. The molecule has 184 valence electrons. The quantitative estimate of drug-likeness (QED) is 0.366. The van der Waals surface area contributed by atoms with Gasteiger partial charge in [0.15, 0.2) is 0 Å². The lowest BCUT2D eigenvalue weighted by Crippen LogP contribution is -2.37. The molecule has 8 nitrogen and oxygen atoms in total. The number of ether oxygens (including phenoxy) is 1. The van der Waals surface area contributed by atoms with E-state index in [1.54, 1.807) is 43.3 Å². The van der Waals surface area contributed by atoms with Crippen molar-refractivity contribution in [3.63, 3.8) is 0 Å². The van der Waals surface area contributed by atoms with E-state index in [4.69, 9.17) is 65.7 Å². The van der Waals surface area contributed by atoms with E-state index in [9.17, 15) is 9.59 Å². The molecule has 3 heterocycles. The Labute approximate surface area is 223 Å². The zero-order chi connectivity index (χ0) is 25.7. The van der Waals surface area contributed by atoms with Crippen LogP contribution in [0, 0.1) is 0 Å². The Balaban J connectivity index is 1.89. The number of carbonyl (C=O) groups is 1. The Morgan fingerprint density at radius 1 is 1.08 bits per heavy atom. The Hall–Kier alpha value is -3.17. The van der Waals surface area contributed by atoms with E-state index in [1.165, 1.54) is 10.6 Å². The largest absolute Gasteiger partial charge is 0.462 e. The first-order valence-electron chi connectivity index (χ1n) is 10.5. The van der Waals surface area contributed by atoms with Gasteiger partial charge in [-0.3, -0.25) is 0 Å². The predicted octanol–water partition coefficient (Wildman–Crippen LogP) is 4.30. The zero-order valence-corrected chi connectivity index (χ0v) is 21.4. The molecule has 0 saturated heterocycles. The van der Waals surface area contributed by atoms with Crippen LogP contribution in [0.5, 0.6) is 0 Å². The van der Waals surface area contributed by atoms with Crippen LogP contribution in [0.15, 0.2) is 50.0 Å². The number of benzene rings is 2. The van der Waals surface area contributed by atoms with Crippen LogP contribution in [0.4, 0.5) is 6.01 Å². The number of nitrogens with zero attached hydrogens (tertiary/aromatic N) is 2. The molecule has 0 aliphatic carbocycles. The van der Waals surface area contributed by atoms with Crippen molar-refractivity contribution < 1.29 is 18.4 Å². The first-order chi connectivity index (χ1) is 17.2. The molecule has 0 amide bonds. The summed E-state index contributed by atoms with van der Waals surface area (Å²) in [5.41, 5.74) is 6.45. The lowest BCUT2D eigenvalue weighted by atomic mass is 9.87. The molecule has 1 aliphatic rings. The number of rotatable bonds is 4. The fourth-order valence-electron chi connectivity index (χ4n) is 4.03. The second-order valence-electron chi connectivity index (χ2n) is 7.72. The third kappa shape index (κ3) is 4.10. The lowest BCUT2D eigenvalue weighted by molar-refractivity contribution is -0.136. The Kier molecular flexibility index (Phi) is 6.38. The van der Waals surface area contributed by atoms with E-state index in [-0.39, 0.29) is 45.7 Å². The number of nitrogens with two attached hydrogens (primary N) is 1. The monoisotopic (exact) mass is 565 g/mol. The second-order valence-corrected chi connectivity index (χ2v) is 9.35. The van der Waals surface area contributed by atoms with Gasteiger partial charge in [0.05, 0.1) is 32.6 Å². The first kappa shape index (κ1) is 24.5. The van der Waals surface area contributed by atoms with Gasteiger partial charge in [0.25, 0.3) is 6.01 Å². The highest BCUT2D eigenvalue weighted by Gasteiger charge is 2.39. The minimum Gasteiger partial charge on any atom is -0.462 e. The minimum absolute atomic E-state index is 0.0157. The number of hydrogen-bond donors (Lipinski definition) is 1. The molecular formula is C24H15Cl4N3O5. The first-order valence-corrected chi connectivity index (χ1v) is 12.0. The maximum absolute atomic E-state index is 13.2. The van der Waals surface area contributed by atoms with Crippen molar-refractivity contribution in [1.82, 2.24) is 9.55 Å². The lowest BCUT2D eigenvalue weighted by Gasteiger charge is -2.22. The molecular weight excluding hydrogens is 552 g/mol. The van der Waals surface area contributed by atoms with Gasteiger partial charge >= 0.3 is 11.6 Å². The van der Waals surface area contributed by atoms with Gasteiger partial charge in [-0.2, -0.15) is 4.98 Å². The molecule has 0 saturated carbocycles. The molecule has 1 unspecified atom stereocenters. The smallest absolute Gasteiger partial charge is 0.362 e. The maximum atomic E-state index is 13.2. The third-order valence-corrected chi connectivity index (χ3v) is 6.99. The van der Waals surface area contributed by atoms with Crippen molar-refractivity contribution in [2.75, 3.05) is 12.3 Å². The van der Waals surface area contributed by atoms with Crippen LogP contribution in [-0.4, -0.2) is 22.1 Å². The van der Waals surface area contributed by atoms with E-state index in [0.29, 0.717) is 26.2 Å². The van der Waals surface area contributed by atoms with Crippen LogP contribution in [0.3, 0.4) is 0 Å². The van der Waals surface area contributed by atoms with Gasteiger partial charge in [-0.15, -0.1) is 0 Å². The van der Waals surface area contributed by atoms with Crippen LogP contribution in [0.25, 0.3) is 17.5 Å². The molecule has 1 aliphatic heterocycles. The Morgan fingerprint density at radius 3 is 2.44 bits per heavy atom. The van der Waals surface area contributed by atoms with Gasteiger partial charge in [0.2, 0.25) is 11.4 Å². The zero-order valence-electron chi connectivity index (χ0n) is 18.4. The summed E-state index contributed by atoms with van der Waals surface area (Å²) in [5, 5.41) is 1.26. The highest BCUT2D eigenvalue weighted by atomic mass is 35.5. The number of esters is 1. The molecule has 4 aromatic rings. The molecule has 5 rings (SSSR count). The average molecular weight is 567 g/mol. The Morgan fingerprint density at radius 2 is 1.78 bits per heavy atom. The molecule has 2 N–H and O–H groups in total. The fraction of sp³-hybridized carbons (Fsp3) is 0.125. The number of nitrogen functional groups attached to an aromatic ring is 1. The van der Waals surface area contributed by atoms with Crippen molar-refractivity contribution in [2.24, 2.45) is 0 Å². The van der Waals surface area contributed by atoms with Gasteiger partial charge in [-0.05, 0) is 48.4 Å². The molecule has 0 bridgehead atoms. The molecule has 36 heavy (non-hydrogen) atoms. The number of aromatic nitrogens is 2. The summed E-state index contributed by atoms with van der Waals surface area (Å²) in [7, 11) is 0. The highest BCUT2D eigenvalue weighted by Crippen LogP contribution is 2.40. The standard InChI is InChI=1S/C24H15Cl4N3O5/c1-2-34-23(33)18-17(11-4-6-13(26)15(28)9-11)19-21(36-24(29)30-19)31-16(22(32)35-20(18)31)8-10-3-5-12(25)14(27)7-10/h3-9,17H,2H2,1H3,(H2,29,30)/b16-8+. The molecule has 0 radical (unpaired) electrons. The number of halogens is 4. The van der Waals surface area contributed by atoms with Gasteiger partial charge in [0, 0.05) is 0 Å². The van der Waals surface area contributed by atoms with Crippen molar-refractivity contribution in [1.29, 1.82) is 0 Å². The molecule has 1 atom stereocenters. The Bertz CT molecular complexity index is 1720. The normalized spacial score (nSPS) is 15.1. The fourth-order valence-corrected chi connectivity index (χ4v) is 4.64. The molecule has 0 fully saturated rings. The molecule has 0 spiro atoms. The summed E-state index contributed by atoms with van der Waals surface area (Å²) >= 11 is 24.5. The average Bonchev–Trinajstić information content (AvgIpc) is 3.36. The van der Waals surface area contributed by atoms with Crippen LogP contribution in [-0.2, 0) is 9.53 Å². The highest BCUT2D eigenvalue weighted by molar-refractivity contribution is 6.42. The van der Waals surface area contributed by atoms with E-state index in [0.717, 1.165) is 0 Å². The summed E-state index contributed by atoms with van der Waals surface area (Å²) in [6.45, 7) is 1.74. The van der Waals surface area contributed by atoms with Crippen LogP contribution < -0.4 is 22.3 Å². The van der Waals surface area contributed by atoms with E-state index < -0.39 is 17.5 Å². The number of oxazole rings is 2. The van der Waals surface area contributed by atoms with E-state index in [2.05, 4.69) is 4.98 Å². The number of fused-ring (bicyclic) bond motifs is 3. The van der Waals surface area contributed by atoms with Crippen molar-refractivity contribution in [3.8, 4) is 5.88 Å². The second kappa shape index (κ2) is 9.37. The SMILES string of the molecule is CCOC(=O)C1=c2oc(=O)/c(=C\c3ccc(Cl)c(Cl)c3)n2-c2oc(N)nc2C1c1ccc(Cl)c(Cl)c1. The van der Waals surface area contributed by atoms with Crippen LogP contribution >= 0.6 is 46.4 Å².